The second kappa shape index (κ2) is 23.1. The van der Waals surface area contributed by atoms with E-state index in [9.17, 15) is 0 Å². The Labute approximate surface area is 242 Å². The fourth-order valence-electron chi connectivity index (χ4n) is 7.16. The maximum absolute atomic E-state index is 2.85. The maximum atomic E-state index is 2.85. The molecule has 0 aliphatic carbocycles. The van der Waals surface area contributed by atoms with Crippen LogP contribution in [0.25, 0.3) is 0 Å². The van der Waals surface area contributed by atoms with Crippen molar-refractivity contribution in [3.8, 4) is 0 Å². The van der Waals surface area contributed by atoms with Gasteiger partial charge in [0, 0.05) is 0 Å². The quantitative estimate of drug-likeness (QED) is 0.0745. The molecule has 0 amide bonds. The van der Waals surface area contributed by atoms with Crippen LogP contribution in [0, 0.1) is 0 Å². The van der Waals surface area contributed by atoms with Crippen LogP contribution in [0.1, 0.15) is 158 Å². The first-order chi connectivity index (χ1) is 17.8. The summed E-state index contributed by atoms with van der Waals surface area (Å²) >= 11 is -2.69. The van der Waals surface area contributed by atoms with Crippen molar-refractivity contribution in [2.75, 3.05) is 0 Å². The van der Waals surface area contributed by atoms with Gasteiger partial charge in [-0.25, -0.2) is 0 Å². The Morgan fingerprint density at radius 3 is 1.00 bits per heavy atom. The standard InChI is InChI=1S/2C16H32B.2CH3.Sn/c2*1-5-9-10-11-12-13-14-15-16(6-2)17(7-3)8-4;;;/h2*5-14H2,1-4H3;2*1H3;. The normalized spacial score (nSPS) is 13.5. The molecule has 0 spiro atoms. The van der Waals surface area contributed by atoms with Crippen molar-refractivity contribution in [1.82, 2.24) is 0 Å². The Balaban J connectivity index is 6.42. The van der Waals surface area contributed by atoms with Gasteiger partial charge in [0.25, 0.3) is 0 Å². The van der Waals surface area contributed by atoms with Crippen LogP contribution in [0.4, 0.5) is 0 Å². The first-order valence-electron chi connectivity index (χ1n) is 17.3. The van der Waals surface area contributed by atoms with Crippen LogP contribution >= 0.6 is 0 Å². The van der Waals surface area contributed by atoms with Crippen LogP contribution in [-0.2, 0) is 0 Å². The van der Waals surface area contributed by atoms with Gasteiger partial charge in [-0.05, 0) is 0 Å². The molecule has 0 aliphatic rings. The van der Waals surface area contributed by atoms with Crippen molar-refractivity contribution >= 4 is 31.8 Å². The van der Waals surface area contributed by atoms with Crippen LogP contribution in [-0.4, -0.2) is 31.8 Å². The van der Waals surface area contributed by atoms with Gasteiger partial charge in [0.2, 0.25) is 0 Å². The van der Waals surface area contributed by atoms with Crippen LogP contribution in [0.5, 0.6) is 0 Å². The van der Waals surface area contributed by atoms with Crippen molar-refractivity contribution in [2.45, 2.75) is 193 Å². The van der Waals surface area contributed by atoms with Crippen molar-refractivity contribution in [2.24, 2.45) is 0 Å². The van der Waals surface area contributed by atoms with Gasteiger partial charge in [-0.1, -0.05) is 0 Å². The zero-order valence-electron chi connectivity index (χ0n) is 27.8. The van der Waals surface area contributed by atoms with Crippen molar-refractivity contribution in [1.29, 1.82) is 0 Å². The van der Waals surface area contributed by atoms with E-state index in [2.05, 4.69) is 72.4 Å². The number of rotatable bonds is 24. The van der Waals surface area contributed by atoms with Gasteiger partial charge in [0.1, 0.15) is 0 Å². The van der Waals surface area contributed by atoms with Crippen molar-refractivity contribution < 1.29 is 0 Å². The van der Waals surface area contributed by atoms with E-state index in [4.69, 9.17) is 0 Å². The Morgan fingerprint density at radius 1 is 0.432 bits per heavy atom. The SMILES string of the molecule is CCCCCCCC/[C](=C(\CC)B(CC)CC)[Sn]([CH3])([CH3])/[C](CCCCCCCC)=C(/CC)B(CC)CC. The predicted molar refractivity (Wildman–Crippen MR) is 182 cm³/mol. The molecule has 0 aromatic carbocycles. The van der Waals surface area contributed by atoms with Gasteiger partial charge < -0.3 is 0 Å². The van der Waals surface area contributed by atoms with E-state index >= 15 is 0 Å². The van der Waals surface area contributed by atoms with Gasteiger partial charge in [-0.3, -0.25) is 0 Å². The van der Waals surface area contributed by atoms with Gasteiger partial charge in [-0.2, -0.15) is 0 Å². The minimum atomic E-state index is -2.69. The number of unbranched alkanes of at least 4 members (excludes halogenated alkanes) is 10. The molecule has 0 rings (SSSR count). The second-order valence-corrected chi connectivity index (χ2v) is 25.1. The molecule has 0 bridgehead atoms. The third-order valence-electron chi connectivity index (χ3n) is 9.56. The van der Waals surface area contributed by atoms with Crippen molar-refractivity contribution in [3.63, 3.8) is 0 Å². The third-order valence-corrected chi connectivity index (χ3v) is 21.4. The monoisotopic (exact) mass is 620 g/mol. The molecule has 0 aromatic heterocycles. The number of hydrogen-bond donors (Lipinski definition) is 0. The first kappa shape index (κ1) is 37.4. The van der Waals surface area contributed by atoms with E-state index in [1.54, 1.807) is 0 Å². The van der Waals surface area contributed by atoms with Gasteiger partial charge in [0.05, 0.1) is 0 Å². The molecule has 0 saturated carbocycles. The summed E-state index contributed by atoms with van der Waals surface area (Å²) in [4.78, 5) is 5.70. The van der Waals surface area contributed by atoms with Crippen molar-refractivity contribution in [3.05, 3.63) is 18.1 Å². The number of allylic oxidation sites excluding steroid dienone is 4. The van der Waals surface area contributed by atoms with Gasteiger partial charge in [-0.15, -0.1) is 0 Å². The molecular weight excluding hydrogens is 549 g/mol. The molecule has 0 unspecified atom stereocenters. The summed E-state index contributed by atoms with van der Waals surface area (Å²) in [5, 5.41) is 0. The van der Waals surface area contributed by atoms with Crippen LogP contribution < -0.4 is 0 Å². The average Bonchev–Trinajstić information content (AvgIpc) is 2.90. The minimum absolute atomic E-state index is 0.810. The predicted octanol–water partition coefficient (Wildman–Crippen LogP) is 12.8. The van der Waals surface area contributed by atoms with E-state index in [1.165, 1.54) is 128 Å². The Kier molecular flexibility index (Phi) is 23.4. The molecule has 0 aliphatic heterocycles. The Morgan fingerprint density at radius 2 is 0.730 bits per heavy atom. The molecule has 0 radical (unpaired) electrons. The fraction of sp³-hybridized carbons (Fsp3) is 0.882. The van der Waals surface area contributed by atoms with E-state index < -0.39 is 18.4 Å². The number of hydrogen-bond acceptors (Lipinski definition) is 0. The summed E-state index contributed by atoms with van der Waals surface area (Å²) in [6.45, 7) is 21.0. The topological polar surface area (TPSA) is 0 Å². The first-order valence-corrected chi connectivity index (χ1v) is 25.8. The van der Waals surface area contributed by atoms with E-state index in [0.717, 1.165) is 13.4 Å². The molecule has 0 aromatic rings. The fourth-order valence-corrected chi connectivity index (χ4v) is 19.5. The molecule has 3 heteroatoms. The average molecular weight is 619 g/mol. The summed E-state index contributed by atoms with van der Waals surface area (Å²) < 4.78 is 4.11. The van der Waals surface area contributed by atoms with Gasteiger partial charge >= 0.3 is 243 Å². The molecule has 0 nitrogen and oxygen atoms in total. The Hall–Kier alpha value is 0.409. The Bertz CT molecular complexity index is 559. The summed E-state index contributed by atoms with van der Waals surface area (Å²) in [5.74, 6) is 0. The van der Waals surface area contributed by atoms with Crippen LogP contribution in [0.15, 0.2) is 18.1 Å². The summed E-state index contributed by atoms with van der Waals surface area (Å²) in [6.07, 6.45) is 27.7. The second-order valence-electron chi connectivity index (χ2n) is 12.4. The van der Waals surface area contributed by atoms with E-state index in [1.807, 2.05) is 10.9 Å². The van der Waals surface area contributed by atoms with E-state index in [0.29, 0.717) is 0 Å². The molecule has 0 fully saturated rings. The third kappa shape index (κ3) is 13.5. The van der Waals surface area contributed by atoms with Crippen LogP contribution in [0.2, 0.25) is 35.2 Å². The molecule has 216 valence electrons. The molecule has 37 heavy (non-hydrogen) atoms. The molecule has 0 atom stereocenters. The molecule has 0 saturated heterocycles. The molecule has 0 N–H and O–H groups in total. The summed E-state index contributed by atoms with van der Waals surface area (Å²) in [5.41, 5.74) is 3.83. The molecule has 0 heterocycles. The zero-order valence-corrected chi connectivity index (χ0v) is 30.7. The summed E-state index contributed by atoms with van der Waals surface area (Å²) in [7, 11) is 0. The van der Waals surface area contributed by atoms with Gasteiger partial charge in [0.15, 0.2) is 0 Å². The van der Waals surface area contributed by atoms with Crippen LogP contribution in [0.3, 0.4) is 0 Å². The zero-order chi connectivity index (χ0) is 28.1. The summed E-state index contributed by atoms with van der Waals surface area (Å²) in [6, 6.07) is 0. The molecular formula is C34H70B2Sn. The van der Waals surface area contributed by atoms with E-state index in [-0.39, 0.29) is 0 Å².